The van der Waals surface area contributed by atoms with Crippen molar-refractivity contribution in [2.45, 2.75) is 26.2 Å². The van der Waals surface area contributed by atoms with Crippen LogP contribution in [0.25, 0.3) is 11.1 Å². The Morgan fingerprint density at radius 2 is 1.63 bits per heavy atom. The van der Waals surface area contributed by atoms with Crippen LogP contribution in [-0.2, 0) is 15.0 Å². The van der Waals surface area contributed by atoms with Crippen molar-refractivity contribution in [2.24, 2.45) is 0 Å². The highest BCUT2D eigenvalue weighted by molar-refractivity contribution is 7.08. The average molecular weight is 432 g/mol. The Kier molecular flexibility index (Phi) is 8.14. The number of likely N-dealkylation sites (N-methyl/N-ethyl adjacent to an activating group) is 1. The molecular weight excluding hydrogens is 402 g/mol. The van der Waals surface area contributed by atoms with Gasteiger partial charge in [-0.15, -0.1) is 0 Å². The van der Waals surface area contributed by atoms with Gasteiger partial charge in [-0.05, 0) is 47.1 Å². The molecule has 1 saturated heterocycles. The minimum Gasteiger partial charge on any atom is -0.478 e. The van der Waals surface area contributed by atoms with Gasteiger partial charge in [-0.3, -0.25) is 0 Å². The molecule has 2 aromatic heterocycles. The number of anilines is 1. The standard InChI is InChI=1S/C18H25N3S.C4H4O4/c1-18(2,3)16-11-15(14-5-10-22-13-14)12-17(19-16)21-8-6-20(4)7-9-21;5-3(6)1-2-4(7)8/h5,10-13H,6-9H2,1-4H3;1-2H,(H,5,6)(H,7,8). The Labute approximate surface area is 181 Å². The van der Waals surface area contributed by atoms with Crippen LogP contribution in [0.2, 0.25) is 0 Å². The van der Waals surface area contributed by atoms with Crippen LogP contribution in [0.1, 0.15) is 26.5 Å². The van der Waals surface area contributed by atoms with Gasteiger partial charge in [0.1, 0.15) is 5.82 Å². The van der Waals surface area contributed by atoms with Crippen molar-refractivity contribution in [3.8, 4) is 11.1 Å². The van der Waals surface area contributed by atoms with E-state index in [1.54, 1.807) is 11.3 Å². The maximum atomic E-state index is 9.55. The van der Waals surface area contributed by atoms with E-state index in [4.69, 9.17) is 15.2 Å². The summed E-state index contributed by atoms with van der Waals surface area (Å²) in [6.07, 6.45) is 1.12. The van der Waals surface area contributed by atoms with Gasteiger partial charge in [-0.25, -0.2) is 14.6 Å². The highest BCUT2D eigenvalue weighted by atomic mass is 32.1. The third-order valence-electron chi connectivity index (χ3n) is 4.63. The van der Waals surface area contributed by atoms with Crippen molar-refractivity contribution in [3.63, 3.8) is 0 Å². The second-order valence-electron chi connectivity index (χ2n) is 8.16. The van der Waals surface area contributed by atoms with Gasteiger partial charge < -0.3 is 20.0 Å². The molecule has 0 aromatic carbocycles. The van der Waals surface area contributed by atoms with Crippen LogP contribution < -0.4 is 4.90 Å². The maximum absolute atomic E-state index is 9.55. The Morgan fingerprint density at radius 1 is 1.03 bits per heavy atom. The number of piperazine rings is 1. The molecule has 30 heavy (non-hydrogen) atoms. The van der Waals surface area contributed by atoms with E-state index in [1.165, 1.54) is 16.8 Å². The number of hydrogen-bond donors (Lipinski definition) is 2. The number of aromatic nitrogens is 1. The number of carboxylic acids is 2. The number of rotatable bonds is 4. The summed E-state index contributed by atoms with van der Waals surface area (Å²) in [5, 5.41) is 20.0. The highest BCUT2D eigenvalue weighted by Crippen LogP contribution is 2.31. The Bertz CT molecular complexity index is 864. The predicted molar refractivity (Wildman–Crippen MR) is 120 cm³/mol. The first-order chi connectivity index (χ1) is 14.1. The number of thiophene rings is 1. The lowest BCUT2D eigenvalue weighted by molar-refractivity contribution is -0.134. The van der Waals surface area contributed by atoms with E-state index >= 15 is 0 Å². The Morgan fingerprint density at radius 3 is 2.10 bits per heavy atom. The average Bonchev–Trinajstić information content (AvgIpc) is 3.21. The summed E-state index contributed by atoms with van der Waals surface area (Å²) < 4.78 is 0. The molecule has 0 bridgehead atoms. The first-order valence-corrected chi connectivity index (χ1v) is 10.6. The minimum absolute atomic E-state index is 0.0629. The second kappa shape index (κ2) is 10.4. The summed E-state index contributed by atoms with van der Waals surface area (Å²) in [5.41, 5.74) is 3.82. The fraction of sp³-hybridized carbons (Fsp3) is 0.409. The van der Waals surface area contributed by atoms with E-state index < -0.39 is 11.9 Å². The molecule has 0 aliphatic carbocycles. The van der Waals surface area contributed by atoms with E-state index in [0.717, 1.165) is 32.0 Å². The molecule has 0 saturated carbocycles. The molecule has 0 unspecified atom stereocenters. The Balaban J connectivity index is 0.000000343. The van der Waals surface area contributed by atoms with E-state index in [2.05, 4.69) is 66.6 Å². The summed E-state index contributed by atoms with van der Waals surface area (Å²) in [5.74, 6) is -1.39. The molecule has 3 heterocycles. The van der Waals surface area contributed by atoms with Crippen LogP contribution >= 0.6 is 11.3 Å². The summed E-state index contributed by atoms with van der Waals surface area (Å²) in [6.45, 7) is 11.0. The van der Waals surface area contributed by atoms with Gasteiger partial charge in [-0.2, -0.15) is 11.3 Å². The van der Waals surface area contributed by atoms with E-state index in [1.807, 2.05) is 0 Å². The zero-order chi connectivity index (χ0) is 22.3. The minimum atomic E-state index is -1.26. The van der Waals surface area contributed by atoms with Gasteiger partial charge in [0.2, 0.25) is 0 Å². The number of hydrogen-bond acceptors (Lipinski definition) is 6. The largest absolute Gasteiger partial charge is 0.478 e. The van der Waals surface area contributed by atoms with Gasteiger partial charge in [0.25, 0.3) is 0 Å². The molecular formula is C22H29N3O4S. The first-order valence-electron chi connectivity index (χ1n) is 9.69. The summed E-state index contributed by atoms with van der Waals surface area (Å²) >= 11 is 1.75. The first kappa shape index (κ1) is 23.6. The molecule has 0 radical (unpaired) electrons. The molecule has 1 aliphatic heterocycles. The van der Waals surface area contributed by atoms with Crippen molar-refractivity contribution in [1.82, 2.24) is 9.88 Å². The van der Waals surface area contributed by atoms with Crippen LogP contribution in [0, 0.1) is 0 Å². The molecule has 8 heteroatoms. The van der Waals surface area contributed by atoms with Gasteiger partial charge in [0.05, 0.1) is 0 Å². The lowest BCUT2D eigenvalue weighted by atomic mass is 9.90. The molecule has 0 amide bonds. The molecule has 7 nitrogen and oxygen atoms in total. The zero-order valence-corrected chi connectivity index (χ0v) is 18.6. The molecule has 3 rings (SSSR count). The van der Waals surface area contributed by atoms with Crippen LogP contribution in [0.15, 0.2) is 41.1 Å². The van der Waals surface area contributed by atoms with Crippen molar-refractivity contribution in [3.05, 3.63) is 46.8 Å². The van der Waals surface area contributed by atoms with Crippen LogP contribution in [0.5, 0.6) is 0 Å². The number of nitrogens with zero attached hydrogens (tertiary/aromatic N) is 3. The van der Waals surface area contributed by atoms with E-state index in [9.17, 15) is 9.59 Å². The molecule has 162 valence electrons. The van der Waals surface area contributed by atoms with Gasteiger partial charge in [-0.1, -0.05) is 20.8 Å². The van der Waals surface area contributed by atoms with Gasteiger partial charge >= 0.3 is 11.9 Å². The zero-order valence-electron chi connectivity index (χ0n) is 17.8. The van der Waals surface area contributed by atoms with Gasteiger partial charge in [0, 0.05) is 49.4 Å². The third kappa shape index (κ3) is 7.27. The lowest BCUT2D eigenvalue weighted by Gasteiger charge is -2.34. The van der Waals surface area contributed by atoms with Gasteiger partial charge in [0.15, 0.2) is 0 Å². The SMILES string of the molecule is CN1CCN(c2cc(-c3ccsc3)cc(C(C)(C)C)n2)CC1.O=C(O)C=CC(=O)O. The second-order valence-corrected chi connectivity index (χ2v) is 8.94. The smallest absolute Gasteiger partial charge is 0.328 e. The molecule has 1 aliphatic rings. The third-order valence-corrected chi connectivity index (χ3v) is 5.31. The normalized spacial score (nSPS) is 15.0. The van der Waals surface area contributed by atoms with Crippen LogP contribution in [-0.4, -0.2) is 65.3 Å². The fourth-order valence-electron chi connectivity index (χ4n) is 2.84. The highest BCUT2D eigenvalue weighted by Gasteiger charge is 2.21. The molecule has 2 N–H and O–H groups in total. The molecule has 1 fully saturated rings. The molecule has 0 atom stereocenters. The van der Waals surface area contributed by atoms with Crippen molar-refractivity contribution < 1.29 is 19.8 Å². The van der Waals surface area contributed by atoms with Crippen LogP contribution in [0.3, 0.4) is 0 Å². The number of aliphatic carboxylic acids is 2. The summed E-state index contributed by atoms with van der Waals surface area (Å²) in [4.78, 5) is 28.9. The van der Waals surface area contributed by atoms with Crippen molar-refractivity contribution in [1.29, 1.82) is 0 Å². The quantitative estimate of drug-likeness (QED) is 0.715. The van der Waals surface area contributed by atoms with E-state index in [-0.39, 0.29) is 5.41 Å². The topological polar surface area (TPSA) is 94.0 Å². The molecule has 0 spiro atoms. The monoisotopic (exact) mass is 431 g/mol. The van der Waals surface area contributed by atoms with E-state index in [0.29, 0.717) is 12.2 Å². The van der Waals surface area contributed by atoms with Crippen LogP contribution in [0.4, 0.5) is 5.82 Å². The summed E-state index contributed by atoms with van der Waals surface area (Å²) in [6, 6.07) is 6.70. The number of carboxylic acid groups (broad SMARTS) is 2. The Hall–Kier alpha value is -2.71. The fourth-order valence-corrected chi connectivity index (χ4v) is 3.50. The number of pyridine rings is 1. The predicted octanol–water partition coefficient (Wildman–Crippen LogP) is 3.57. The van der Waals surface area contributed by atoms with Crippen molar-refractivity contribution in [2.75, 3.05) is 38.1 Å². The summed E-state index contributed by atoms with van der Waals surface area (Å²) in [7, 11) is 2.19. The molecule has 2 aromatic rings. The van der Waals surface area contributed by atoms with Crippen molar-refractivity contribution >= 4 is 29.1 Å². The number of carbonyl (C=O) groups is 2. The maximum Gasteiger partial charge on any atom is 0.328 e. The lowest BCUT2D eigenvalue weighted by Crippen LogP contribution is -2.45.